The van der Waals surface area contributed by atoms with E-state index in [9.17, 15) is 15.0 Å². The lowest BCUT2D eigenvalue weighted by Gasteiger charge is -2.20. The van der Waals surface area contributed by atoms with Gasteiger partial charge in [-0.2, -0.15) is 0 Å². The van der Waals surface area contributed by atoms with E-state index in [4.69, 9.17) is 9.47 Å². The fraction of sp³-hybridized carbons (Fsp3) is 0.269. The van der Waals surface area contributed by atoms with Crippen LogP contribution in [-0.2, 0) is 22.6 Å². The Balaban J connectivity index is 0.00000385. The van der Waals surface area contributed by atoms with E-state index in [-0.39, 0.29) is 37.4 Å². The molecule has 0 unspecified atom stereocenters. The predicted octanol–water partition coefficient (Wildman–Crippen LogP) is 4.19. The number of halogens is 1. The number of aliphatic hydroxyl groups excluding tert-OH is 1. The third-order valence-corrected chi connectivity index (χ3v) is 5.11. The van der Waals surface area contributed by atoms with Crippen LogP contribution in [0.1, 0.15) is 29.7 Å². The molecule has 0 aromatic heterocycles. The zero-order valence-corrected chi connectivity index (χ0v) is 19.3. The summed E-state index contributed by atoms with van der Waals surface area (Å²) in [4.78, 5) is 11.8. The Kier molecular flexibility index (Phi) is 10.7. The van der Waals surface area contributed by atoms with Crippen LogP contribution in [0.2, 0.25) is 0 Å². The molecule has 6 nitrogen and oxygen atoms in total. The number of esters is 1. The van der Waals surface area contributed by atoms with Gasteiger partial charge in [0.1, 0.15) is 18.1 Å². The molecule has 0 heterocycles. The molecule has 0 spiro atoms. The highest BCUT2D eigenvalue weighted by molar-refractivity contribution is 5.85. The molecule has 176 valence electrons. The van der Waals surface area contributed by atoms with E-state index < -0.39 is 12.1 Å². The second-order valence-electron chi connectivity index (χ2n) is 7.61. The summed E-state index contributed by atoms with van der Waals surface area (Å²) < 4.78 is 10.7. The standard InChI is InChI=1S/C26H29NO5.ClH/c1-19(26(30)22-9-11-23(28)12-10-22)27-16-15-20-7-13-24(14-8-20)31-18-25(29)32-17-21-5-3-2-4-6-21;/h2-14,19,26-28,30H,15-18H2,1H3;1H/t19-,26+;/m0./s1. The van der Waals surface area contributed by atoms with Crippen molar-refractivity contribution >= 4 is 18.4 Å². The molecule has 3 rings (SSSR count). The maximum atomic E-state index is 11.8. The van der Waals surface area contributed by atoms with Gasteiger partial charge in [0.15, 0.2) is 6.61 Å². The summed E-state index contributed by atoms with van der Waals surface area (Å²) in [5.74, 6) is 0.371. The Hall–Kier alpha value is -3.06. The lowest BCUT2D eigenvalue weighted by Crippen LogP contribution is -2.33. The number of benzene rings is 3. The van der Waals surface area contributed by atoms with Gasteiger partial charge in [-0.1, -0.05) is 54.6 Å². The molecule has 3 aromatic rings. The van der Waals surface area contributed by atoms with Crippen molar-refractivity contribution < 1.29 is 24.5 Å². The average Bonchev–Trinajstić information content (AvgIpc) is 2.83. The van der Waals surface area contributed by atoms with Gasteiger partial charge in [-0.05, 0) is 60.8 Å². The van der Waals surface area contributed by atoms with E-state index in [0.29, 0.717) is 12.3 Å². The van der Waals surface area contributed by atoms with E-state index in [1.54, 1.807) is 24.3 Å². The number of rotatable bonds is 11. The van der Waals surface area contributed by atoms with Gasteiger partial charge in [0.2, 0.25) is 0 Å². The fourth-order valence-corrected chi connectivity index (χ4v) is 3.19. The number of nitrogens with one attached hydrogen (secondary N) is 1. The van der Waals surface area contributed by atoms with E-state index in [1.165, 1.54) is 0 Å². The largest absolute Gasteiger partial charge is 0.508 e. The zero-order chi connectivity index (χ0) is 22.8. The number of ether oxygens (including phenoxy) is 2. The third kappa shape index (κ3) is 8.77. The molecule has 2 atom stereocenters. The normalized spacial score (nSPS) is 12.3. The van der Waals surface area contributed by atoms with E-state index in [2.05, 4.69) is 5.32 Å². The van der Waals surface area contributed by atoms with Crippen LogP contribution in [0.4, 0.5) is 0 Å². The first-order valence-electron chi connectivity index (χ1n) is 10.6. The second-order valence-corrected chi connectivity index (χ2v) is 7.61. The summed E-state index contributed by atoms with van der Waals surface area (Å²) in [6, 6.07) is 23.5. The Bertz CT molecular complexity index is 964. The molecule has 0 fully saturated rings. The summed E-state index contributed by atoms with van der Waals surface area (Å²) >= 11 is 0. The van der Waals surface area contributed by atoms with Crippen LogP contribution in [0.25, 0.3) is 0 Å². The highest BCUT2D eigenvalue weighted by Crippen LogP contribution is 2.19. The summed E-state index contributed by atoms with van der Waals surface area (Å²) in [6.45, 7) is 2.71. The van der Waals surface area contributed by atoms with Crippen LogP contribution in [-0.4, -0.2) is 35.4 Å². The van der Waals surface area contributed by atoms with Gasteiger partial charge in [0, 0.05) is 6.04 Å². The summed E-state index contributed by atoms with van der Waals surface area (Å²) in [7, 11) is 0. The van der Waals surface area contributed by atoms with Gasteiger partial charge in [-0.15, -0.1) is 12.4 Å². The smallest absolute Gasteiger partial charge is 0.344 e. The number of hydrogen-bond acceptors (Lipinski definition) is 6. The lowest BCUT2D eigenvalue weighted by molar-refractivity contribution is -0.147. The molecule has 7 heteroatoms. The minimum atomic E-state index is -0.659. The molecule has 0 bridgehead atoms. The van der Waals surface area contributed by atoms with Gasteiger partial charge in [0.25, 0.3) is 0 Å². The minimum Gasteiger partial charge on any atom is -0.508 e. The third-order valence-electron chi connectivity index (χ3n) is 5.11. The van der Waals surface area contributed by atoms with Crippen molar-refractivity contribution in [1.29, 1.82) is 0 Å². The van der Waals surface area contributed by atoms with Crippen molar-refractivity contribution in [1.82, 2.24) is 5.32 Å². The first kappa shape index (κ1) is 26.2. The Morgan fingerprint density at radius 1 is 0.939 bits per heavy atom. The minimum absolute atomic E-state index is 0. The number of carbonyl (C=O) groups is 1. The zero-order valence-electron chi connectivity index (χ0n) is 18.5. The van der Waals surface area contributed by atoms with Crippen molar-refractivity contribution in [3.05, 3.63) is 95.6 Å². The van der Waals surface area contributed by atoms with Gasteiger partial charge in [-0.3, -0.25) is 0 Å². The van der Waals surface area contributed by atoms with Gasteiger partial charge >= 0.3 is 5.97 Å². The molecule has 3 N–H and O–H groups in total. The van der Waals surface area contributed by atoms with Crippen LogP contribution in [0.3, 0.4) is 0 Å². The molecule has 0 saturated heterocycles. The highest BCUT2D eigenvalue weighted by Gasteiger charge is 2.15. The van der Waals surface area contributed by atoms with Gasteiger partial charge in [-0.25, -0.2) is 4.79 Å². The Morgan fingerprint density at radius 3 is 2.27 bits per heavy atom. The maximum Gasteiger partial charge on any atom is 0.344 e. The summed E-state index contributed by atoms with van der Waals surface area (Å²) in [5, 5.41) is 23.1. The molecule has 0 amide bonds. The molecular weight excluding hydrogens is 442 g/mol. The summed E-state index contributed by atoms with van der Waals surface area (Å²) in [5.41, 5.74) is 2.80. The van der Waals surface area contributed by atoms with E-state index >= 15 is 0 Å². The van der Waals surface area contributed by atoms with Gasteiger partial charge < -0.3 is 25.0 Å². The number of carbonyl (C=O) groups excluding carboxylic acids is 1. The molecule has 33 heavy (non-hydrogen) atoms. The highest BCUT2D eigenvalue weighted by atomic mass is 35.5. The Labute approximate surface area is 200 Å². The van der Waals surface area contributed by atoms with Crippen LogP contribution in [0.5, 0.6) is 11.5 Å². The van der Waals surface area contributed by atoms with Crippen molar-refractivity contribution in [3.63, 3.8) is 0 Å². The van der Waals surface area contributed by atoms with Crippen molar-refractivity contribution in [2.75, 3.05) is 13.2 Å². The molecular formula is C26H30ClNO5. The van der Waals surface area contributed by atoms with Crippen LogP contribution >= 0.6 is 12.4 Å². The van der Waals surface area contributed by atoms with Crippen LogP contribution < -0.4 is 10.1 Å². The van der Waals surface area contributed by atoms with E-state index in [0.717, 1.165) is 23.1 Å². The van der Waals surface area contributed by atoms with E-state index in [1.807, 2.05) is 61.5 Å². The number of aromatic hydroxyl groups is 1. The predicted molar refractivity (Wildman–Crippen MR) is 130 cm³/mol. The Morgan fingerprint density at radius 2 is 1.61 bits per heavy atom. The summed E-state index contributed by atoms with van der Waals surface area (Å²) in [6.07, 6.45) is 0.125. The average molecular weight is 472 g/mol. The first-order valence-corrected chi connectivity index (χ1v) is 10.6. The van der Waals surface area contributed by atoms with Crippen molar-refractivity contribution in [2.45, 2.75) is 32.1 Å². The molecule has 0 aliphatic rings. The number of phenolic OH excluding ortho intramolecular Hbond substituents is 1. The number of aliphatic hydroxyl groups is 1. The SMILES string of the molecule is C[C@H](NCCc1ccc(OCC(=O)OCc2ccccc2)cc1)[C@@H](O)c1ccc(O)cc1.Cl. The fourth-order valence-electron chi connectivity index (χ4n) is 3.19. The number of hydrogen-bond donors (Lipinski definition) is 3. The quantitative estimate of drug-likeness (QED) is 0.363. The second kappa shape index (κ2) is 13.5. The van der Waals surface area contributed by atoms with Crippen LogP contribution in [0, 0.1) is 0 Å². The molecule has 0 aliphatic carbocycles. The van der Waals surface area contributed by atoms with Gasteiger partial charge in [0.05, 0.1) is 6.10 Å². The lowest BCUT2D eigenvalue weighted by atomic mass is 10.0. The molecule has 0 saturated carbocycles. The number of phenols is 1. The van der Waals surface area contributed by atoms with Crippen LogP contribution in [0.15, 0.2) is 78.9 Å². The molecule has 3 aromatic carbocycles. The first-order chi connectivity index (χ1) is 15.5. The maximum absolute atomic E-state index is 11.8. The van der Waals surface area contributed by atoms with Crippen molar-refractivity contribution in [3.8, 4) is 11.5 Å². The van der Waals surface area contributed by atoms with Crippen molar-refractivity contribution in [2.24, 2.45) is 0 Å². The topological polar surface area (TPSA) is 88.0 Å². The molecule has 0 aliphatic heterocycles. The monoisotopic (exact) mass is 471 g/mol. The molecule has 0 radical (unpaired) electrons.